The molecule has 22 heavy (non-hydrogen) atoms. The smallest absolute Gasteiger partial charge is 0.368 e. The Morgan fingerprint density at radius 3 is 2.73 bits per heavy atom. The molecule has 118 valence electrons. The van der Waals surface area contributed by atoms with E-state index in [0.29, 0.717) is 17.0 Å². The first-order valence-corrected chi connectivity index (χ1v) is 6.89. The number of aromatic nitrogens is 4. The van der Waals surface area contributed by atoms with E-state index in [1.165, 1.54) is 11.7 Å². The van der Waals surface area contributed by atoms with Crippen LogP contribution in [0, 0.1) is 0 Å². The topological polar surface area (TPSA) is 83.5 Å². The number of hydrogen-bond donors (Lipinski definition) is 0. The summed E-state index contributed by atoms with van der Waals surface area (Å²) in [6.07, 6.45) is 0.808. The molecule has 0 N–H and O–H groups in total. The van der Waals surface area contributed by atoms with Gasteiger partial charge in [-0.15, -0.1) is 0 Å². The fraction of sp³-hybridized carbons (Fsp3) is 0.429. The molecule has 0 atom stereocenters. The van der Waals surface area contributed by atoms with Crippen LogP contribution in [0.4, 0.5) is 0 Å². The third-order valence-electron chi connectivity index (χ3n) is 3.22. The summed E-state index contributed by atoms with van der Waals surface area (Å²) in [6, 6.07) is 5.33. The highest BCUT2D eigenvalue weighted by molar-refractivity contribution is 5.80. The Bertz CT molecular complexity index is 732. The molecular formula is C14H19N5O3. The molecule has 1 aromatic heterocycles. The van der Waals surface area contributed by atoms with Gasteiger partial charge in [0.05, 0.1) is 24.1 Å². The fourth-order valence-electron chi connectivity index (χ4n) is 1.83. The van der Waals surface area contributed by atoms with Gasteiger partial charge in [-0.05, 0) is 35.9 Å². The molecule has 8 nitrogen and oxygen atoms in total. The number of rotatable bonds is 6. The molecule has 0 aliphatic carbocycles. The summed E-state index contributed by atoms with van der Waals surface area (Å²) in [6.45, 7) is 4.05. The van der Waals surface area contributed by atoms with Crippen LogP contribution < -0.4 is 10.4 Å². The van der Waals surface area contributed by atoms with Gasteiger partial charge >= 0.3 is 5.69 Å². The molecule has 0 saturated carbocycles. The van der Waals surface area contributed by atoms with Crippen molar-refractivity contribution in [3.63, 3.8) is 0 Å². The second kappa shape index (κ2) is 6.88. The number of ether oxygens (including phenoxy) is 1. The first kappa shape index (κ1) is 15.7. The van der Waals surface area contributed by atoms with Gasteiger partial charge < -0.3 is 9.57 Å². The van der Waals surface area contributed by atoms with E-state index in [1.54, 1.807) is 25.3 Å². The van der Waals surface area contributed by atoms with Crippen LogP contribution in [-0.4, -0.2) is 32.6 Å². The van der Waals surface area contributed by atoms with Crippen LogP contribution >= 0.6 is 0 Å². The number of tetrazole rings is 1. The lowest BCUT2D eigenvalue weighted by Crippen LogP contribution is -2.23. The summed E-state index contributed by atoms with van der Waals surface area (Å²) >= 11 is 0. The molecule has 0 aliphatic rings. The average Bonchev–Trinajstić information content (AvgIpc) is 2.86. The van der Waals surface area contributed by atoms with Crippen molar-refractivity contribution in [1.82, 2.24) is 19.8 Å². The van der Waals surface area contributed by atoms with Gasteiger partial charge in [0.25, 0.3) is 0 Å². The highest BCUT2D eigenvalue weighted by atomic mass is 16.6. The minimum Gasteiger partial charge on any atom is -0.496 e. The number of methoxy groups -OCH3 is 1. The van der Waals surface area contributed by atoms with E-state index in [1.807, 2.05) is 13.8 Å². The molecule has 2 aromatic rings. The second-order valence-corrected chi connectivity index (χ2v) is 4.71. The summed E-state index contributed by atoms with van der Waals surface area (Å²) in [5.41, 5.74) is 1.78. The van der Waals surface area contributed by atoms with E-state index in [-0.39, 0.29) is 12.3 Å². The zero-order valence-corrected chi connectivity index (χ0v) is 13.1. The molecule has 0 radical (unpaired) electrons. The predicted molar refractivity (Wildman–Crippen MR) is 81.3 cm³/mol. The van der Waals surface area contributed by atoms with Crippen molar-refractivity contribution in [1.29, 1.82) is 0 Å². The van der Waals surface area contributed by atoms with Crippen molar-refractivity contribution in [3.05, 3.63) is 34.2 Å². The molecule has 0 bridgehead atoms. The van der Waals surface area contributed by atoms with Crippen LogP contribution in [0.15, 0.2) is 28.1 Å². The van der Waals surface area contributed by atoms with Gasteiger partial charge in [-0.3, -0.25) is 0 Å². The molecule has 0 unspecified atom stereocenters. The molecule has 0 saturated heterocycles. The summed E-state index contributed by atoms with van der Waals surface area (Å²) in [5, 5.41) is 11.6. The Morgan fingerprint density at radius 1 is 1.36 bits per heavy atom. The van der Waals surface area contributed by atoms with Crippen molar-refractivity contribution >= 4 is 5.71 Å². The van der Waals surface area contributed by atoms with Crippen molar-refractivity contribution in [2.75, 3.05) is 7.11 Å². The number of hydrogen-bond acceptors (Lipinski definition) is 6. The van der Waals surface area contributed by atoms with Crippen LogP contribution in [0.25, 0.3) is 5.69 Å². The lowest BCUT2D eigenvalue weighted by molar-refractivity contribution is 0.127. The lowest BCUT2D eigenvalue weighted by atomic mass is 10.1. The highest BCUT2D eigenvalue weighted by Crippen LogP contribution is 2.25. The number of oxime groups is 1. The van der Waals surface area contributed by atoms with Crippen molar-refractivity contribution in [2.24, 2.45) is 12.2 Å². The van der Waals surface area contributed by atoms with Crippen molar-refractivity contribution in [3.8, 4) is 11.4 Å². The van der Waals surface area contributed by atoms with Crippen LogP contribution in [-0.2, 0) is 18.5 Å². The number of benzene rings is 1. The van der Waals surface area contributed by atoms with E-state index >= 15 is 0 Å². The van der Waals surface area contributed by atoms with Gasteiger partial charge in [-0.1, -0.05) is 18.1 Å². The molecule has 1 aromatic carbocycles. The van der Waals surface area contributed by atoms with Gasteiger partial charge in [-0.2, -0.15) is 9.36 Å². The summed E-state index contributed by atoms with van der Waals surface area (Å²) < 4.78 is 7.70. The quantitative estimate of drug-likeness (QED) is 0.593. The summed E-state index contributed by atoms with van der Waals surface area (Å²) in [7, 11) is 3.10. The normalized spacial score (nSPS) is 11.5. The monoisotopic (exact) mass is 305 g/mol. The van der Waals surface area contributed by atoms with Crippen molar-refractivity contribution in [2.45, 2.75) is 26.9 Å². The Kier molecular flexibility index (Phi) is 4.92. The molecule has 0 aliphatic heterocycles. The Labute approximate surface area is 127 Å². The third kappa shape index (κ3) is 3.16. The highest BCUT2D eigenvalue weighted by Gasteiger charge is 2.15. The van der Waals surface area contributed by atoms with E-state index in [9.17, 15) is 4.79 Å². The van der Waals surface area contributed by atoms with Gasteiger partial charge in [0, 0.05) is 7.05 Å². The minimum atomic E-state index is -0.345. The molecule has 8 heteroatoms. The van der Waals surface area contributed by atoms with E-state index in [2.05, 4.69) is 15.6 Å². The van der Waals surface area contributed by atoms with E-state index < -0.39 is 0 Å². The second-order valence-electron chi connectivity index (χ2n) is 4.71. The largest absolute Gasteiger partial charge is 0.496 e. The molecule has 2 rings (SSSR count). The number of aryl methyl sites for hydroxylation is 1. The van der Waals surface area contributed by atoms with Crippen LogP contribution in [0.5, 0.6) is 5.75 Å². The van der Waals surface area contributed by atoms with Crippen molar-refractivity contribution < 1.29 is 9.57 Å². The molecule has 0 fully saturated rings. The maximum atomic E-state index is 12.0. The number of nitrogens with zero attached hydrogens (tertiary/aromatic N) is 5. The minimum absolute atomic E-state index is 0.166. The zero-order valence-electron chi connectivity index (χ0n) is 13.1. The first-order valence-electron chi connectivity index (χ1n) is 6.89. The summed E-state index contributed by atoms with van der Waals surface area (Å²) in [4.78, 5) is 17.4. The van der Waals surface area contributed by atoms with Gasteiger partial charge in [-0.25, -0.2) is 4.79 Å². The molecule has 1 heterocycles. The first-order chi connectivity index (χ1) is 10.6. The van der Waals surface area contributed by atoms with Crippen LogP contribution in [0.3, 0.4) is 0 Å². The molecule has 0 amide bonds. The third-order valence-corrected chi connectivity index (χ3v) is 3.22. The van der Waals surface area contributed by atoms with Gasteiger partial charge in [0.15, 0.2) is 0 Å². The maximum absolute atomic E-state index is 12.0. The SMILES string of the molecule is CCC(C)=NOCc1c(OC)cccc1-n1nnn(C)c1=O. The predicted octanol–water partition coefficient (Wildman–Crippen LogP) is 1.28. The van der Waals surface area contributed by atoms with Crippen LogP contribution in [0.2, 0.25) is 0 Å². The van der Waals surface area contributed by atoms with E-state index in [0.717, 1.165) is 16.8 Å². The zero-order chi connectivity index (χ0) is 16.1. The molecular weight excluding hydrogens is 286 g/mol. The average molecular weight is 305 g/mol. The molecule has 0 spiro atoms. The standard InChI is InChI=1S/C14H19N5O3/c1-5-10(2)15-22-9-11-12(7-6-8-13(11)21-4)19-14(20)18(3)16-17-19/h6-8H,5,9H2,1-4H3. The Hall–Kier alpha value is -2.64. The Balaban J connectivity index is 2.42. The van der Waals surface area contributed by atoms with Crippen LogP contribution in [0.1, 0.15) is 25.8 Å². The summed E-state index contributed by atoms with van der Waals surface area (Å²) in [5.74, 6) is 0.597. The Morgan fingerprint density at radius 2 is 2.14 bits per heavy atom. The van der Waals surface area contributed by atoms with E-state index in [4.69, 9.17) is 9.57 Å². The van der Waals surface area contributed by atoms with Gasteiger partial charge in [0.1, 0.15) is 12.4 Å². The lowest BCUT2D eigenvalue weighted by Gasteiger charge is -2.12. The maximum Gasteiger partial charge on any atom is 0.368 e. The fourth-order valence-corrected chi connectivity index (χ4v) is 1.83. The van der Waals surface area contributed by atoms with Gasteiger partial charge in [0.2, 0.25) is 0 Å².